The van der Waals surface area contributed by atoms with Gasteiger partial charge >= 0.3 is 12.8 Å². The van der Waals surface area contributed by atoms with Crippen molar-refractivity contribution in [3.8, 4) is 5.75 Å². The van der Waals surface area contributed by atoms with Gasteiger partial charge in [0.25, 0.3) is 5.56 Å². The Kier molecular flexibility index (Phi) is 5.77. The molecule has 0 aliphatic carbocycles. The number of alkyl halides is 5. The molecule has 1 aromatic heterocycles. The summed E-state index contributed by atoms with van der Waals surface area (Å²) in [6.45, 7) is -3.00. The highest BCUT2D eigenvalue weighted by Crippen LogP contribution is 2.27. The summed E-state index contributed by atoms with van der Waals surface area (Å²) in [5.74, 6) is -0.934. The van der Waals surface area contributed by atoms with Gasteiger partial charge in [0, 0.05) is 11.6 Å². The monoisotopic (exact) mass is 380 g/mol. The average Bonchev–Trinajstić information content (AvgIpc) is 2.51. The second kappa shape index (κ2) is 7.64. The molecule has 25 heavy (non-hydrogen) atoms. The van der Waals surface area contributed by atoms with E-state index < -0.39 is 29.8 Å². The van der Waals surface area contributed by atoms with E-state index in [2.05, 4.69) is 14.7 Å². The van der Waals surface area contributed by atoms with Crippen LogP contribution in [0.1, 0.15) is 16.1 Å². The van der Waals surface area contributed by atoms with Gasteiger partial charge in [-0.15, -0.1) is 0 Å². The quantitative estimate of drug-likeness (QED) is 0.360. The molecule has 0 aliphatic rings. The zero-order valence-electron chi connectivity index (χ0n) is 12.1. The molecule has 0 amide bonds. The number of thioether (sulfide) groups is 1. The number of halogens is 5. The first-order valence-electron chi connectivity index (χ1n) is 6.54. The van der Waals surface area contributed by atoms with Crippen molar-refractivity contribution in [2.45, 2.75) is 17.9 Å². The van der Waals surface area contributed by atoms with Crippen molar-refractivity contribution in [3.63, 3.8) is 0 Å². The summed E-state index contributed by atoms with van der Waals surface area (Å²) in [6.07, 6.45) is -4.78. The molecule has 1 aromatic carbocycles. The standard InChI is InChI=1S/C14H9F5N2O3S/c15-12(16)24-8-3-1-7(2-4-8)9(22)6-25-13-20-10(14(17,18)19)5-11(23)21-13/h1-5,12H,6H2,(H,20,21,23). The van der Waals surface area contributed by atoms with Gasteiger partial charge in [0.1, 0.15) is 5.75 Å². The highest BCUT2D eigenvalue weighted by atomic mass is 32.2. The Balaban J connectivity index is 2.05. The molecule has 134 valence electrons. The van der Waals surface area contributed by atoms with Crippen molar-refractivity contribution < 1.29 is 31.5 Å². The van der Waals surface area contributed by atoms with E-state index >= 15 is 0 Å². The fourth-order valence-electron chi connectivity index (χ4n) is 1.69. The molecular formula is C14H9F5N2O3S. The van der Waals surface area contributed by atoms with Crippen molar-refractivity contribution >= 4 is 17.5 Å². The molecule has 1 heterocycles. The molecule has 0 bridgehead atoms. The number of benzene rings is 1. The SMILES string of the molecule is O=C(CSc1nc(C(F)(F)F)cc(=O)[nH]1)c1ccc(OC(F)F)cc1. The van der Waals surface area contributed by atoms with Gasteiger partial charge in [-0.1, -0.05) is 11.8 Å². The summed E-state index contributed by atoms with van der Waals surface area (Å²) in [6, 6.07) is 5.11. The second-order valence-corrected chi connectivity index (χ2v) is 5.51. The van der Waals surface area contributed by atoms with Crippen molar-refractivity contribution in [3.05, 3.63) is 51.9 Å². The van der Waals surface area contributed by atoms with Gasteiger partial charge in [-0.2, -0.15) is 22.0 Å². The van der Waals surface area contributed by atoms with Crippen LogP contribution in [-0.4, -0.2) is 28.1 Å². The Morgan fingerprint density at radius 2 is 1.88 bits per heavy atom. The number of ether oxygens (including phenoxy) is 1. The van der Waals surface area contributed by atoms with Gasteiger partial charge in [0.05, 0.1) is 5.75 Å². The summed E-state index contributed by atoms with van der Waals surface area (Å²) >= 11 is 0.615. The number of aromatic amines is 1. The number of carbonyl (C=O) groups is 1. The van der Waals surface area contributed by atoms with Crippen LogP contribution in [-0.2, 0) is 6.18 Å². The van der Waals surface area contributed by atoms with Crippen LogP contribution in [0.2, 0.25) is 0 Å². The third-order valence-electron chi connectivity index (χ3n) is 2.75. The highest BCUT2D eigenvalue weighted by molar-refractivity contribution is 7.99. The lowest BCUT2D eigenvalue weighted by atomic mass is 10.1. The lowest BCUT2D eigenvalue weighted by Gasteiger charge is -2.07. The average molecular weight is 380 g/mol. The smallest absolute Gasteiger partial charge is 0.433 e. The van der Waals surface area contributed by atoms with E-state index in [0.29, 0.717) is 17.8 Å². The topological polar surface area (TPSA) is 72.0 Å². The first-order chi connectivity index (χ1) is 11.6. The van der Waals surface area contributed by atoms with Gasteiger partial charge < -0.3 is 9.72 Å². The third kappa shape index (κ3) is 5.55. The van der Waals surface area contributed by atoms with Gasteiger partial charge in [-0.3, -0.25) is 9.59 Å². The number of nitrogens with zero attached hydrogens (tertiary/aromatic N) is 1. The van der Waals surface area contributed by atoms with Crippen LogP contribution in [0.4, 0.5) is 22.0 Å². The molecule has 0 radical (unpaired) electrons. The van der Waals surface area contributed by atoms with Crippen LogP contribution in [0.25, 0.3) is 0 Å². The Morgan fingerprint density at radius 1 is 1.24 bits per heavy atom. The molecule has 11 heteroatoms. The van der Waals surface area contributed by atoms with E-state index in [1.165, 1.54) is 12.1 Å². The number of ketones is 1. The normalized spacial score (nSPS) is 11.6. The second-order valence-electron chi connectivity index (χ2n) is 4.55. The predicted octanol–water partition coefficient (Wildman–Crippen LogP) is 3.37. The van der Waals surface area contributed by atoms with Crippen molar-refractivity contribution in [2.75, 3.05) is 5.75 Å². The number of rotatable bonds is 6. The maximum absolute atomic E-state index is 12.6. The summed E-state index contributed by atoms with van der Waals surface area (Å²) in [4.78, 5) is 28.5. The Morgan fingerprint density at radius 3 is 2.44 bits per heavy atom. The molecule has 0 aliphatic heterocycles. The fourth-order valence-corrected chi connectivity index (χ4v) is 2.46. The lowest BCUT2D eigenvalue weighted by Crippen LogP contribution is -2.17. The molecule has 2 rings (SSSR count). The zero-order chi connectivity index (χ0) is 18.6. The minimum absolute atomic E-state index is 0.136. The maximum Gasteiger partial charge on any atom is 0.433 e. The number of H-pyrrole nitrogens is 1. The largest absolute Gasteiger partial charge is 0.435 e. The van der Waals surface area contributed by atoms with Gasteiger partial charge in [-0.25, -0.2) is 4.98 Å². The van der Waals surface area contributed by atoms with Crippen LogP contribution in [0, 0.1) is 0 Å². The minimum Gasteiger partial charge on any atom is -0.435 e. The minimum atomic E-state index is -4.78. The third-order valence-corrected chi connectivity index (χ3v) is 3.63. The maximum atomic E-state index is 12.6. The van der Waals surface area contributed by atoms with E-state index in [9.17, 15) is 31.5 Å². The lowest BCUT2D eigenvalue weighted by molar-refractivity contribution is -0.141. The van der Waals surface area contributed by atoms with Gasteiger partial charge in [0.2, 0.25) is 0 Å². The Labute approximate surface area is 141 Å². The van der Waals surface area contributed by atoms with E-state index in [0.717, 1.165) is 12.1 Å². The molecular weight excluding hydrogens is 371 g/mol. The number of hydrogen-bond donors (Lipinski definition) is 1. The number of Topliss-reactive ketones (excluding diaryl/α,β-unsaturated/α-hetero) is 1. The van der Waals surface area contributed by atoms with Crippen LogP contribution in [0.15, 0.2) is 40.3 Å². The van der Waals surface area contributed by atoms with Crippen LogP contribution in [0.3, 0.4) is 0 Å². The molecule has 0 saturated heterocycles. The molecule has 1 N–H and O–H groups in total. The molecule has 2 aromatic rings. The van der Waals surface area contributed by atoms with Crippen LogP contribution in [0.5, 0.6) is 5.75 Å². The molecule has 0 fully saturated rings. The summed E-state index contributed by atoms with van der Waals surface area (Å²) in [5.41, 5.74) is -2.21. The molecule has 0 unspecified atom stereocenters. The molecule has 0 spiro atoms. The Bertz CT molecular complexity index is 805. The van der Waals surface area contributed by atoms with Crippen molar-refractivity contribution in [1.82, 2.24) is 9.97 Å². The Hall–Kier alpha value is -2.43. The van der Waals surface area contributed by atoms with Crippen LogP contribution < -0.4 is 10.3 Å². The van der Waals surface area contributed by atoms with Gasteiger partial charge in [0.15, 0.2) is 16.6 Å². The summed E-state index contributed by atoms with van der Waals surface area (Å²) in [5, 5.41) is -0.356. The highest BCUT2D eigenvalue weighted by Gasteiger charge is 2.33. The number of carbonyl (C=O) groups excluding carboxylic acids is 1. The summed E-state index contributed by atoms with van der Waals surface area (Å²) in [7, 11) is 0. The number of hydrogen-bond acceptors (Lipinski definition) is 5. The van der Waals surface area contributed by atoms with E-state index in [1.54, 1.807) is 0 Å². The van der Waals surface area contributed by atoms with E-state index in [4.69, 9.17) is 0 Å². The molecule has 0 saturated carbocycles. The first-order valence-corrected chi connectivity index (χ1v) is 7.53. The van der Waals surface area contributed by atoms with Crippen LogP contribution >= 0.6 is 11.8 Å². The first kappa shape index (κ1) is 18.9. The number of nitrogens with one attached hydrogen (secondary N) is 1. The molecule has 5 nitrogen and oxygen atoms in total. The van der Waals surface area contributed by atoms with E-state index in [1.807, 2.05) is 0 Å². The van der Waals surface area contributed by atoms with Crippen molar-refractivity contribution in [1.29, 1.82) is 0 Å². The summed E-state index contributed by atoms with van der Waals surface area (Å²) < 4.78 is 65.9. The number of aromatic nitrogens is 2. The van der Waals surface area contributed by atoms with Gasteiger partial charge in [-0.05, 0) is 24.3 Å². The molecule has 0 atom stereocenters. The predicted molar refractivity (Wildman–Crippen MR) is 78.0 cm³/mol. The van der Waals surface area contributed by atoms with E-state index in [-0.39, 0.29) is 22.2 Å². The van der Waals surface area contributed by atoms with Crippen molar-refractivity contribution in [2.24, 2.45) is 0 Å². The zero-order valence-corrected chi connectivity index (χ0v) is 13.0. The fraction of sp³-hybridized carbons (Fsp3) is 0.214.